The molecule has 0 aromatic rings. The van der Waals surface area contributed by atoms with Crippen molar-refractivity contribution in [1.82, 2.24) is 4.31 Å². The molecule has 0 radical (unpaired) electrons. The Hall–Kier alpha value is -0.620. The maximum atomic E-state index is 12.2. The van der Waals surface area contributed by atoms with Gasteiger partial charge >= 0.3 is 5.97 Å². The Morgan fingerprint density at radius 3 is 2.24 bits per heavy atom. The van der Waals surface area contributed by atoms with Crippen molar-refractivity contribution in [3.05, 3.63) is 0 Å². The summed E-state index contributed by atoms with van der Waals surface area (Å²) in [7, 11) is -3.40. The molecule has 0 saturated carbocycles. The van der Waals surface area contributed by atoms with Crippen molar-refractivity contribution in [2.75, 3.05) is 12.3 Å². The van der Waals surface area contributed by atoms with Crippen LogP contribution in [0.5, 0.6) is 0 Å². The molecule has 6 heteroatoms. The summed E-state index contributed by atoms with van der Waals surface area (Å²) in [6.45, 7) is 2.55. The van der Waals surface area contributed by atoms with E-state index >= 15 is 0 Å². The molecular formula is C15H29NO4S. The van der Waals surface area contributed by atoms with Crippen molar-refractivity contribution >= 4 is 16.0 Å². The predicted molar refractivity (Wildman–Crippen MR) is 83.8 cm³/mol. The van der Waals surface area contributed by atoms with Gasteiger partial charge in [0.15, 0.2) is 0 Å². The fraction of sp³-hybridized carbons (Fsp3) is 0.933. The van der Waals surface area contributed by atoms with Gasteiger partial charge in [0.2, 0.25) is 10.0 Å². The molecule has 21 heavy (non-hydrogen) atoms. The summed E-state index contributed by atoms with van der Waals surface area (Å²) >= 11 is 0. The van der Waals surface area contributed by atoms with Crippen LogP contribution in [0.2, 0.25) is 0 Å². The van der Waals surface area contributed by atoms with E-state index in [9.17, 15) is 13.2 Å². The van der Waals surface area contributed by atoms with E-state index in [0.717, 1.165) is 12.8 Å². The third kappa shape index (κ3) is 6.34. The van der Waals surface area contributed by atoms with Gasteiger partial charge < -0.3 is 5.11 Å². The van der Waals surface area contributed by atoms with E-state index in [1.54, 1.807) is 0 Å². The van der Waals surface area contributed by atoms with E-state index in [-0.39, 0.29) is 5.75 Å². The minimum Gasteiger partial charge on any atom is -0.480 e. The molecule has 124 valence electrons. The molecule has 0 spiro atoms. The summed E-state index contributed by atoms with van der Waals surface area (Å²) < 4.78 is 25.6. The second-order valence-electron chi connectivity index (χ2n) is 5.90. The number of nitrogens with zero attached hydrogens (tertiary/aromatic N) is 1. The molecule has 1 heterocycles. The predicted octanol–water partition coefficient (Wildman–Crippen LogP) is 3.01. The summed E-state index contributed by atoms with van der Waals surface area (Å²) in [6.07, 6.45) is 9.88. The Balaban J connectivity index is 2.22. The molecule has 0 bridgehead atoms. The van der Waals surface area contributed by atoms with Crippen LogP contribution in [-0.4, -0.2) is 42.1 Å². The minimum absolute atomic E-state index is 0.0890. The lowest BCUT2D eigenvalue weighted by Crippen LogP contribution is -2.41. The lowest BCUT2D eigenvalue weighted by molar-refractivity contribution is -0.140. The van der Waals surface area contributed by atoms with Crippen LogP contribution >= 0.6 is 0 Å². The number of carboxylic acid groups (broad SMARTS) is 1. The first kappa shape index (κ1) is 18.4. The summed E-state index contributed by atoms with van der Waals surface area (Å²) in [6, 6.07) is -0.843. The van der Waals surface area contributed by atoms with Crippen LogP contribution < -0.4 is 0 Å². The van der Waals surface area contributed by atoms with Gasteiger partial charge in [0.05, 0.1) is 5.75 Å². The van der Waals surface area contributed by atoms with E-state index in [1.165, 1.54) is 36.4 Å². The van der Waals surface area contributed by atoms with Gasteiger partial charge in [0.25, 0.3) is 0 Å². The van der Waals surface area contributed by atoms with Gasteiger partial charge in [-0.2, -0.15) is 4.31 Å². The molecule has 1 aliphatic heterocycles. The zero-order valence-corrected chi connectivity index (χ0v) is 13.9. The molecule has 0 aromatic carbocycles. The molecule has 0 amide bonds. The second kappa shape index (κ2) is 9.41. The summed E-state index contributed by atoms with van der Waals surface area (Å²) in [4.78, 5) is 11.1. The summed E-state index contributed by atoms with van der Waals surface area (Å²) in [5.41, 5.74) is 0. The monoisotopic (exact) mass is 319 g/mol. The van der Waals surface area contributed by atoms with Crippen molar-refractivity contribution in [3.63, 3.8) is 0 Å². The number of carboxylic acids is 1. The van der Waals surface area contributed by atoms with Gasteiger partial charge in [-0.1, -0.05) is 51.9 Å². The van der Waals surface area contributed by atoms with E-state index < -0.39 is 22.0 Å². The van der Waals surface area contributed by atoms with E-state index in [4.69, 9.17) is 5.11 Å². The Labute approximate surface area is 128 Å². The average Bonchev–Trinajstić information content (AvgIpc) is 2.92. The van der Waals surface area contributed by atoms with Gasteiger partial charge in [-0.15, -0.1) is 0 Å². The highest BCUT2D eigenvalue weighted by atomic mass is 32.2. The first-order valence-electron chi connectivity index (χ1n) is 8.21. The van der Waals surface area contributed by atoms with Gasteiger partial charge in [-0.3, -0.25) is 4.79 Å². The van der Waals surface area contributed by atoms with Gasteiger partial charge in [-0.25, -0.2) is 8.42 Å². The normalized spacial score (nSPS) is 20.0. The Kier molecular flexibility index (Phi) is 8.26. The molecule has 1 unspecified atom stereocenters. The van der Waals surface area contributed by atoms with Crippen LogP contribution in [0.15, 0.2) is 0 Å². The van der Waals surface area contributed by atoms with Gasteiger partial charge in [-0.05, 0) is 19.3 Å². The smallest absolute Gasteiger partial charge is 0.322 e. The van der Waals surface area contributed by atoms with E-state index in [1.807, 2.05) is 0 Å². The Bertz CT molecular complexity index is 408. The summed E-state index contributed by atoms with van der Waals surface area (Å²) in [5.74, 6) is -0.932. The van der Waals surface area contributed by atoms with Crippen LogP contribution in [0.3, 0.4) is 0 Å². The standard InChI is InChI=1S/C15H29NO4S/c1-2-3-4-5-6-7-8-9-13-21(19,20)16-12-10-11-14(16)15(17)18/h14H,2-13H2,1H3,(H,17,18). The van der Waals surface area contributed by atoms with Gasteiger partial charge in [0.1, 0.15) is 6.04 Å². The van der Waals surface area contributed by atoms with Crippen LogP contribution in [0, 0.1) is 0 Å². The number of aliphatic carboxylic acids is 1. The lowest BCUT2D eigenvalue weighted by Gasteiger charge is -2.20. The number of rotatable bonds is 11. The third-order valence-electron chi connectivity index (χ3n) is 4.10. The number of hydrogen-bond donors (Lipinski definition) is 1. The summed E-state index contributed by atoms with van der Waals surface area (Å²) in [5, 5.41) is 9.05. The highest BCUT2D eigenvalue weighted by Crippen LogP contribution is 2.22. The maximum Gasteiger partial charge on any atom is 0.322 e. The highest BCUT2D eigenvalue weighted by molar-refractivity contribution is 7.89. The van der Waals surface area contributed by atoms with Crippen molar-refractivity contribution in [3.8, 4) is 0 Å². The zero-order valence-electron chi connectivity index (χ0n) is 13.1. The number of hydrogen-bond acceptors (Lipinski definition) is 3. The first-order chi connectivity index (χ1) is 9.99. The van der Waals surface area contributed by atoms with Crippen molar-refractivity contribution < 1.29 is 18.3 Å². The molecule has 0 aliphatic carbocycles. The number of unbranched alkanes of at least 4 members (excludes halogenated alkanes) is 7. The number of carbonyl (C=O) groups is 1. The Morgan fingerprint density at radius 1 is 1.10 bits per heavy atom. The first-order valence-corrected chi connectivity index (χ1v) is 9.82. The molecular weight excluding hydrogens is 290 g/mol. The average molecular weight is 319 g/mol. The molecule has 1 N–H and O–H groups in total. The van der Waals surface area contributed by atoms with Crippen LogP contribution in [0.4, 0.5) is 0 Å². The van der Waals surface area contributed by atoms with Crippen LogP contribution in [0.25, 0.3) is 0 Å². The Morgan fingerprint density at radius 2 is 1.67 bits per heavy atom. The van der Waals surface area contributed by atoms with Crippen LogP contribution in [-0.2, 0) is 14.8 Å². The van der Waals surface area contributed by atoms with Crippen molar-refractivity contribution in [2.45, 2.75) is 77.2 Å². The quantitative estimate of drug-likeness (QED) is 0.594. The van der Waals surface area contributed by atoms with E-state index in [2.05, 4.69) is 6.92 Å². The maximum absolute atomic E-state index is 12.2. The second-order valence-corrected chi connectivity index (χ2v) is 7.94. The molecule has 1 saturated heterocycles. The third-order valence-corrected chi connectivity index (χ3v) is 6.06. The molecule has 1 atom stereocenters. The van der Waals surface area contributed by atoms with Crippen molar-refractivity contribution in [1.29, 1.82) is 0 Å². The fourth-order valence-electron chi connectivity index (χ4n) is 2.86. The molecule has 5 nitrogen and oxygen atoms in total. The fourth-order valence-corrected chi connectivity index (χ4v) is 4.65. The highest BCUT2D eigenvalue weighted by Gasteiger charge is 2.38. The lowest BCUT2D eigenvalue weighted by atomic mass is 10.1. The van der Waals surface area contributed by atoms with E-state index in [0.29, 0.717) is 25.8 Å². The van der Waals surface area contributed by atoms with Crippen LogP contribution in [0.1, 0.15) is 71.1 Å². The molecule has 1 fully saturated rings. The molecule has 0 aromatic heterocycles. The molecule has 1 aliphatic rings. The molecule has 1 rings (SSSR count). The largest absolute Gasteiger partial charge is 0.480 e. The topological polar surface area (TPSA) is 74.7 Å². The zero-order chi connectivity index (χ0) is 15.7. The minimum atomic E-state index is -3.40. The van der Waals surface area contributed by atoms with Gasteiger partial charge in [0, 0.05) is 6.54 Å². The SMILES string of the molecule is CCCCCCCCCCS(=O)(=O)N1CCCC1C(=O)O. The van der Waals surface area contributed by atoms with Crippen molar-refractivity contribution in [2.24, 2.45) is 0 Å². The number of sulfonamides is 1.